The zero-order chi connectivity index (χ0) is 10.8. The lowest BCUT2D eigenvalue weighted by Crippen LogP contribution is -2.15. The number of benzene rings is 1. The predicted molar refractivity (Wildman–Crippen MR) is 62.3 cm³/mol. The molecule has 0 amide bonds. The highest BCUT2D eigenvalue weighted by atomic mass is 35.5. The Bertz CT molecular complexity index is 325. The molecule has 0 aromatic heterocycles. The monoisotopic (exact) mass is 225 g/mol. The van der Waals surface area contributed by atoms with Gasteiger partial charge in [-0.3, -0.25) is 0 Å². The van der Waals surface area contributed by atoms with Crippen LogP contribution in [0.1, 0.15) is 11.5 Å². The van der Waals surface area contributed by atoms with E-state index in [9.17, 15) is 5.11 Å². The summed E-state index contributed by atoms with van der Waals surface area (Å²) in [5, 5.41) is 10.1. The van der Waals surface area contributed by atoms with Crippen molar-refractivity contribution in [2.45, 2.75) is 5.92 Å². The zero-order valence-electron chi connectivity index (χ0n) is 8.86. The Morgan fingerprint density at radius 2 is 2.00 bits per heavy atom. The maximum absolute atomic E-state index is 9.32. The van der Waals surface area contributed by atoms with Crippen LogP contribution in [0.15, 0.2) is 24.3 Å². The minimum absolute atomic E-state index is 0.262. The molecule has 2 atom stereocenters. The SMILES string of the molecule is CN1C[C@@H](CO)[C@H](c2ccc(Cl)cc2)C1. The molecule has 1 aromatic rings. The topological polar surface area (TPSA) is 23.5 Å². The van der Waals surface area contributed by atoms with Crippen molar-refractivity contribution in [3.05, 3.63) is 34.9 Å². The van der Waals surface area contributed by atoms with Gasteiger partial charge in [0.1, 0.15) is 0 Å². The summed E-state index contributed by atoms with van der Waals surface area (Å²) in [6.07, 6.45) is 0. The highest BCUT2D eigenvalue weighted by Crippen LogP contribution is 2.31. The number of likely N-dealkylation sites (N-methyl/N-ethyl adjacent to an activating group) is 1. The summed E-state index contributed by atoms with van der Waals surface area (Å²) < 4.78 is 0. The Morgan fingerprint density at radius 3 is 2.60 bits per heavy atom. The van der Waals surface area contributed by atoms with E-state index in [2.05, 4.69) is 24.1 Å². The summed E-state index contributed by atoms with van der Waals surface area (Å²) in [4.78, 5) is 2.26. The molecule has 0 radical (unpaired) electrons. The van der Waals surface area contributed by atoms with Crippen LogP contribution in [0.3, 0.4) is 0 Å². The summed E-state index contributed by atoms with van der Waals surface area (Å²) in [5.74, 6) is 0.799. The third kappa shape index (κ3) is 2.33. The molecule has 1 aliphatic heterocycles. The number of rotatable bonds is 2. The summed E-state index contributed by atoms with van der Waals surface area (Å²) in [7, 11) is 2.10. The van der Waals surface area contributed by atoms with Gasteiger partial charge in [0.25, 0.3) is 0 Å². The third-order valence-corrected chi connectivity index (χ3v) is 3.41. The molecular formula is C12H16ClNO. The van der Waals surface area contributed by atoms with E-state index in [0.717, 1.165) is 18.1 Å². The van der Waals surface area contributed by atoms with Gasteiger partial charge in [0.2, 0.25) is 0 Å². The Morgan fingerprint density at radius 1 is 1.33 bits per heavy atom. The van der Waals surface area contributed by atoms with Gasteiger partial charge < -0.3 is 10.0 Å². The lowest BCUT2D eigenvalue weighted by Gasteiger charge is -2.16. The Balaban J connectivity index is 2.19. The maximum atomic E-state index is 9.32. The molecule has 1 heterocycles. The smallest absolute Gasteiger partial charge is 0.0477 e. The zero-order valence-corrected chi connectivity index (χ0v) is 9.61. The first-order valence-corrected chi connectivity index (χ1v) is 5.63. The summed E-state index contributed by atoms with van der Waals surface area (Å²) in [5.41, 5.74) is 1.28. The van der Waals surface area contributed by atoms with E-state index in [1.165, 1.54) is 5.56 Å². The van der Waals surface area contributed by atoms with Crippen molar-refractivity contribution in [2.24, 2.45) is 5.92 Å². The first-order valence-electron chi connectivity index (χ1n) is 5.25. The van der Waals surface area contributed by atoms with Gasteiger partial charge in [-0.15, -0.1) is 0 Å². The molecule has 1 N–H and O–H groups in total. The van der Waals surface area contributed by atoms with E-state index in [1.54, 1.807) is 0 Å². The Labute approximate surface area is 95.5 Å². The average Bonchev–Trinajstić information content (AvgIpc) is 2.61. The molecular weight excluding hydrogens is 210 g/mol. The van der Waals surface area contributed by atoms with Crippen molar-refractivity contribution in [1.82, 2.24) is 4.90 Å². The van der Waals surface area contributed by atoms with Crippen LogP contribution < -0.4 is 0 Å². The molecule has 3 heteroatoms. The number of aliphatic hydroxyl groups is 1. The quantitative estimate of drug-likeness (QED) is 0.832. The van der Waals surface area contributed by atoms with E-state index in [1.807, 2.05) is 12.1 Å². The first kappa shape index (κ1) is 10.9. The minimum Gasteiger partial charge on any atom is -0.396 e. The number of hydrogen-bond donors (Lipinski definition) is 1. The largest absolute Gasteiger partial charge is 0.396 e. The highest BCUT2D eigenvalue weighted by molar-refractivity contribution is 6.30. The fourth-order valence-electron chi connectivity index (χ4n) is 2.36. The molecule has 0 bridgehead atoms. The van der Waals surface area contributed by atoms with E-state index in [4.69, 9.17) is 11.6 Å². The van der Waals surface area contributed by atoms with Crippen LogP contribution in [0.2, 0.25) is 5.02 Å². The van der Waals surface area contributed by atoms with Gasteiger partial charge in [0.05, 0.1) is 0 Å². The van der Waals surface area contributed by atoms with Crippen molar-refractivity contribution in [3.8, 4) is 0 Å². The fourth-order valence-corrected chi connectivity index (χ4v) is 2.49. The van der Waals surface area contributed by atoms with Crippen molar-refractivity contribution in [3.63, 3.8) is 0 Å². The number of hydrogen-bond acceptors (Lipinski definition) is 2. The second-order valence-corrected chi connectivity index (χ2v) is 4.76. The van der Waals surface area contributed by atoms with Crippen molar-refractivity contribution in [1.29, 1.82) is 0 Å². The fraction of sp³-hybridized carbons (Fsp3) is 0.500. The van der Waals surface area contributed by atoms with Gasteiger partial charge in [-0.25, -0.2) is 0 Å². The molecule has 1 aliphatic rings. The normalized spacial score (nSPS) is 27.1. The maximum Gasteiger partial charge on any atom is 0.0477 e. The summed E-state index contributed by atoms with van der Waals surface area (Å²) in [6, 6.07) is 7.97. The van der Waals surface area contributed by atoms with Crippen LogP contribution in [0.5, 0.6) is 0 Å². The lowest BCUT2D eigenvalue weighted by atomic mass is 9.90. The molecule has 15 heavy (non-hydrogen) atoms. The van der Waals surface area contributed by atoms with Crippen molar-refractivity contribution in [2.75, 3.05) is 26.7 Å². The van der Waals surface area contributed by atoms with Crippen LogP contribution in [-0.4, -0.2) is 36.8 Å². The van der Waals surface area contributed by atoms with Crippen LogP contribution in [0.4, 0.5) is 0 Å². The van der Waals surface area contributed by atoms with E-state index >= 15 is 0 Å². The molecule has 82 valence electrons. The van der Waals surface area contributed by atoms with Gasteiger partial charge in [0.15, 0.2) is 0 Å². The molecule has 0 unspecified atom stereocenters. The second-order valence-electron chi connectivity index (χ2n) is 4.32. The summed E-state index contributed by atoms with van der Waals surface area (Å²) >= 11 is 5.86. The van der Waals surface area contributed by atoms with Crippen molar-refractivity contribution < 1.29 is 5.11 Å². The molecule has 0 saturated carbocycles. The Hall–Kier alpha value is -0.570. The average molecular weight is 226 g/mol. The minimum atomic E-state index is 0.262. The van der Waals surface area contributed by atoms with E-state index < -0.39 is 0 Å². The number of likely N-dealkylation sites (tertiary alicyclic amines) is 1. The molecule has 1 fully saturated rings. The first-order chi connectivity index (χ1) is 7.20. The van der Waals surface area contributed by atoms with Crippen LogP contribution >= 0.6 is 11.6 Å². The number of halogens is 1. The van der Waals surface area contributed by atoms with Gasteiger partial charge >= 0.3 is 0 Å². The molecule has 1 aromatic carbocycles. The summed E-state index contributed by atoms with van der Waals surface area (Å²) in [6.45, 7) is 2.26. The predicted octanol–water partition coefficient (Wildman–Crippen LogP) is 1.98. The highest BCUT2D eigenvalue weighted by Gasteiger charge is 2.31. The lowest BCUT2D eigenvalue weighted by molar-refractivity contribution is 0.219. The molecule has 2 nitrogen and oxygen atoms in total. The number of aliphatic hydroxyl groups excluding tert-OH is 1. The molecule has 0 spiro atoms. The van der Waals surface area contributed by atoms with Crippen LogP contribution in [0.25, 0.3) is 0 Å². The third-order valence-electron chi connectivity index (χ3n) is 3.16. The second kappa shape index (κ2) is 4.52. The molecule has 0 aliphatic carbocycles. The number of nitrogens with zero attached hydrogens (tertiary/aromatic N) is 1. The van der Waals surface area contributed by atoms with E-state index in [-0.39, 0.29) is 6.61 Å². The standard InChI is InChI=1S/C12H16ClNO/c1-14-6-10(8-15)12(7-14)9-2-4-11(13)5-3-9/h2-5,10,12,15H,6-8H2,1H3/t10-,12-/m0/s1. The van der Waals surface area contributed by atoms with Gasteiger partial charge in [-0.05, 0) is 24.7 Å². The van der Waals surface area contributed by atoms with Crippen LogP contribution in [-0.2, 0) is 0 Å². The van der Waals surface area contributed by atoms with Gasteiger partial charge in [-0.1, -0.05) is 23.7 Å². The molecule has 2 rings (SSSR count). The van der Waals surface area contributed by atoms with E-state index in [0.29, 0.717) is 11.8 Å². The van der Waals surface area contributed by atoms with Gasteiger partial charge in [-0.2, -0.15) is 0 Å². The van der Waals surface area contributed by atoms with Gasteiger partial charge in [0, 0.05) is 36.6 Å². The molecule has 1 saturated heterocycles. The van der Waals surface area contributed by atoms with Crippen LogP contribution in [0, 0.1) is 5.92 Å². The Kier molecular flexibility index (Phi) is 3.29. The van der Waals surface area contributed by atoms with Crippen molar-refractivity contribution >= 4 is 11.6 Å².